The number of hydrogen-bond donors (Lipinski definition) is 0. The lowest BCUT2D eigenvalue weighted by atomic mass is 10.1. The van der Waals surface area contributed by atoms with Crippen LogP contribution in [0.2, 0.25) is 0 Å². The molecule has 3 nitrogen and oxygen atoms in total. The number of carbonyl (C=O) groups is 2. The number of likely N-dealkylation sites (tertiary alicyclic amines) is 1. The van der Waals surface area contributed by atoms with Crippen molar-refractivity contribution in [3.05, 3.63) is 21.9 Å². The van der Waals surface area contributed by atoms with Crippen LogP contribution in [0.3, 0.4) is 0 Å². The lowest BCUT2D eigenvalue weighted by molar-refractivity contribution is -0.121. The maximum atomic E-state index is 11.9. The van der Waals surface area contributed by atoms with Gasteiger partial charge >= 0.3 is 0 Å². The molecule has 1 aliphatic heterocycles. The van der Waals surface area contributed by atoms with Crippen LogP contribution in [0, 0.1) is 6.92 Å². The quantitative estimate of drug-likeness (QED) is 0.728. The van der Waals surface area contributed by atoms with Crippen LogP contribution >= 0.6 is 11.3 Å². The molecule has 2 heterocycles. The third-order valence-corrected chi connectivity index (χ3v) is 3.48. The Kier molecular flexibility index (Phi) is 2.86. The Morgan fingerprint density at radius 1 is 1.47 bits per heavy atom. The van der Waals surface area contributed by atoms with Gasteiger partial charge in [0, 0.05) is 17.8 Å². The largest absolute Gasteiger partial charge is 0.331 e. The molecule has 4 heteroatoms. The highest BCUT2D eigenvalue weighted by Crippen LogP contribution is 2.18. The van der Waals surface area contributed by atoms with Gasteiger partial charge in [0.2, 0.25) is 0 Å². The topological polar surface area (TPSA) is 37.4 Å². The Morgan fingerprint density at radius 2 is 2.27 bits per heavy atom. The van der Waals surface area contributed by atoms with E-state index in [9.17, 15) is 9.59 Å². The number of nitrogens with zero attached hydrogens (tertiary/aromatic N) is 1. The highest BCUT2D eigenvalue weighted by atomic mass is 32.1. The normalized spacial score (nSPS) is 16.9. The maximum Gasteiger partial charge on any atom is 0.264 e. The van der Waals surface area contributed by atoms with Crippen LogP contribution in [0.4, 0.5) is 0 Å². The minimum Gasteiger partial charge on any atom is -0.331 e. The molecule has 0 saturated carbocycles. The van der Waals surface area contributed by atoms with Crippen molar-refractivity contribution in [1.82, 2.24) is 4.90 Å². The third-order valence-electron chi connectivity index (χ3n) is 2.49. The van der Waals surface area contributed by atoms with Crippen molar-refractivity contribution in [1.29, 1.82) is 0 Å². The van der Waals surface area contributed by atoms with Crippen LogP contribution in [0.15, 0.2) is 12.1 Å². The molecule has 0 bridgehead atoms. The van der Waals surface area contributed by atoms with Gasteiger partial charge in [-0.15, -0.1) is 11.3 Å². The molecule has 0 spiro atoms. The van der Waals surface area contributed by atoms with Gasteiger partial charge in [-0.25, -0.2) is 0 Å². The van der Waals surface area contributed by atoms with Crippen molar-refractivity contribution in [2.75, 3.05) is 13.1 Å². The number of aryl methyl sites for hydroxylation is 1. The Labute approximate surface area is 92.7 Å². The van der Waals surface area contributed by atoms with E-state index >= 15 is 0 Å². The molecule has 1 aromatic heterocycles. The van der Waals surface area contributed by atoms with E-state index < -0.39 is 0 Å². The summed E-state index contributed by atoms with van der Waals surface area (Å²) in [6, 6.07) is 3.77. The summed E-state index contributed by atoms with van der Waals surface area (Å²) in [5.74, 6) is 0.170. The highest BCUT2D eigenvalue weighted by Gasteiger charge is 2.23. The van der Waals surface area contributed by atoms with E-state index in [0.717, 1.165) is 16.2 Å². The van der Waals surface area contributed by atoms with Gasteiger partial charge in [-0.3, -0.25) is 9.59 Å². The van der Waals surface area contributed by atoms with E-state index in [2.05, 4.69) is 0 Å². The molecule has 0 aromatic carbocycles. The SMILES string of the molecule is Cc1ccc(C(=O)N2CCCC(=O)C2)s1. The number of piperidine rings is 1. The Balaban J connectivity index is 2.10. The molecule has 1 fully saturated rings. The molecular formula is C11H13NO2S. The summed E-state index contributed by atoms with van der Waals surface area (Å²) in [5, 5.41) is 0. The monoisotopic (exact) mass is 223 g/mol. The number of rotatable bonds is 1. The van der Waals surface area contributed by atoms with Crippen LogP contribution in [0.5, 0.6) is 0 Å². The average Bonchev–Trinajstić information content (AvgIpc) is 2.64. The molecule has 1 aromatic rings. The van der Waals surface area contributed by atoms with Crippen molar-refractivity contribution in [2.45, 2.75) is 19.8 Å². The molecule has 0 unspecified atom stereocenters. The van der Waals surface area contributed by atoms with Crippen LogP contribution in [0.1, 0.15) is 27.4 Å². The standard InChI is InChI=1S/C11H13NO2S/c1-8-4-5-10(15-8)11(14)12-6-2-3-9(13)7-12/h4-5H,2-3,6-7H2,1H3. The lowest BCUT2D eigenvalue weighted by Crippen LogP contribution is -2.39. The van der Waals surface area contributed by atoms with E-state index in [4.69, 9.17) is 0 Å². The molecule has 2 rings (SSSR count). The fourth-order valence-electron chi connectivity index (χ4n) is 1.72. The molecule has 80 valence electrons. The second-order valence-electron chi connectivity index (χ2n) is 3.78. The van der Waals surface area contributed by atoms with Crippen LogP contribution in [-0.4, -0.2) is 29.7 Å². The average molecular weight is 223 g/mol. The van der Waals surface area contributed by atoms with Crippen molar-refractivity contribution in [2.24, 2.45) is 0 Å². The Morgan fingerprint density at radius 3 is 2.87 bits per heavy atom. The first-order valence-corrected chi connectivity index (χ1v) is 5.86. The number of amides is 1. The summed E-state index contributed by atoms with van der Waals surface area (Å²) in [6.07, 6.45) is 1.42. The number of thiophene rings is 1. The summed E-state index contributed by atoms with van der Waals surface area (Å²) < 4.78 is 0. The van der Waals surface area contributed by atoms with Gasteiger partial charge in [0.05, 0.1) is 11.4 Å². The number of Topliss-reactive ketones (excluding diaryl/α,β-unsaturated/α-hetero) is 1. The molecule has 1 amide bonds. The van der Waals surface area contributed by atoms with E-state index in [0.29, 0.717) is 13.0 Å². The van der Waals surface area contributed by atoms with Gasteiger partial charge in [0.1, 0.15) is 0 Å². The van der Waals surface area contributed by atoms with E-state index in [1.165, 1.54) is 11.3 Å². The minimum absolute atomic E-state index is 0.00106. The summed E-state index contributed by atoms with van der Waals surface area (Å²) in [6.45, 7) is 2.97. The van der Waals surface area contributed by atoms with E-state index in [1.54, 1.807) is 4.90 Å². The zero-order valence-electron chi connectivity index (χ0n) is 8.66. The molecule has 0 atom stereocenters. The summed E-state index contributed by atoms with van der Waals surface area (Å²) >= 11 is 1.49. The van der Waals surface area contributed by atoms with Crippen LogP contribution in [0.25, 0.3) is 0 Å². The molecule has 0 aliphatic carbocycles. The maximum absolute atomic E-state index is 11.9. The van der Waals surface area contributed by atoms with Gasteiger partial charge < -0.3 is 4.90 Å². The van der Waals surface area contributed by atoms with Crippen LogP contribution < -0.4 is 0 Å². The van der Waals surface area contributed by atoms with Crippen molar-refractivity contribution < 1.29 is 9.59 Å². The first-order chi connectivity index (χ1) is 7.16. The number of ketones is 1. The predicted molar refractivity (Wildman–Crippen MR) is 59.2 cm³/mol. The van der Waals surface area contributed by atoms with Crippen molar-refractivity contribution in [3.63, 3.8) is 0 Å². The Bertz CT molecular complexity index is 397. The fourth-order valence-corrected chi connectivity index (χ4v) is 2.55. The molecule has 0 radical (unpaired) electrons. The minimum atomic E-state index is 0.00106. The van der Waals surface area contributed by atoms with Crippen molar-refractivity contribution >= 4 is 23.0 Å². The van der Waals surface area contributed by atoms with Gasteiger partial charge in [0.25, 0.3) is 5.91 Å². The van der Waals surface area contributed by atoms with E-state index in [1.807, 2.05) is 19.1 Å². The zero-order valence-corrected chi connectivity index (χ0v) is 9.47. The highest BCUT2D eigenvalue weighted by molar-refractivity contribution is 7.13. The Hall–Kier alpha value is -1.16. The third kappa shape index (κ3) is 2.26. The summed E-state index contributed by atoms with van der Waals surface area (Å²) in [5.41, 5.74) is 0. The lowest BCUT2D eigenvalue weighted by Gasteiger charge is -2.25. The fraction of sp³-hybridized carbons (Fsp3) is 0.455. The van der Waals surface area contributed by atoms with Gasteiger partial charge in [0.15, 0.2) is 5.78 Å². The smallest absolute Gasteiger partial charge is 0.264 e. The van der Waals surface area contributed by atoms with E-state index in [-0.39, 0.29) is 18.2 Å². The first-order valence-electron chi connectivity index (χ1n) is 5.04. The second kappa shape index (κ2) is 4.14. The molecule has 1 saturated heterocycles. The van der Waals surface area contributed by atoms with Crippen LogP contribution in [-0.2, 0) is 4.79 Å². The van der Waals surface area contributed by atoms with Gasteiger partial charge in [-0.05, 0) is 25.5 Å². The first kappa shape index (κ1) is 10.4. The second-order valence-corrected chi connectivity index (χ2v) is 5.07. The number of hydrogen-bond acceptors (Lipinski definition) is 3. The number of carbonyl (C=O) groups excluding carboxylic acids is 2. The molecule has 1 aliphatic rings. The molecular weight excluding hydrogens is 210 g/mol. The summed E-state index contributed by atoms with van der Waals surface area (Å²) in [4.78, 5) is 26.7. The zero-order chi connectivity index (χ0) is 10.8. The van der Waals surface area contributed by atoms with Gasteiger partial charge in [-0.2, -0.15) is 0 Å². The summed E-state index contributed by atoms with van der Waals surface area (Å²) in [7, 11) is 0. The van der Waals surface area contributed by atoms with Crippen molar-refractivity contribution in [3.8, 4) is 0 Å². The molecule has 0 N–H and O–H groups in total. The predicted octanol–water partition coefficient (Wildman–Crippen LogP) is 1.86. The van der Waals surface area contributed by atoms with Gasteiger partial charge in [-0.1, -0.05) is 0 Å². The molecule has 15 heavy (non-hydrogen) atoms.